The molecule has 1 fully saturated rings. The number of urea groups is 1. The molecule has 5 nitrogen and oxygen atoms in total. The van der Waals surface area contributed by atoms with E-state index in [0.717, 1.165) is 12.8 Å². The van der Waals surface area contributed by atoms with E-state index in [1.54, 1.807) is 0 Å². The van der Waals surface area contributed by atoms with E-state index >= 15 is 0 Å². The molecule has 0 heterocycles. The Labute approximate surface area is 108 Å². The molecule has 0 aromatic carbocycles. The maximum atomic E-state index is 11.7. The SMILES string of the molecule is CCC(CC(=O)O)NC(=O)NCC1(C(C)C)CC1. The summed E-state index contributed by atoms with van der Waals surface area (Å²) in [6, 6.07) is -0.549. The Hall–Kier alpha value is -1.26. The Balaban J connectivity index is 2.30. The van der Waals surface area contributed by atoms with E-state index in [-0.39, 0.29) is 23.9 Å². The van der Waals surface area contributed by atoms with Crippen molar-refractivity contribution in [1.29, 1.82) is 0 Å². The number of aliphatic carboxylic acids is 1. The molecule has 0 saturated heterocycles. The van der Waals surface area contributed by atoms with Gasteiger partial charge in [0, 0.05) is 12.6 Å². The van der Waals surface area contributed by atoms with Crippen LogP contribution in [0, 0.1) is 11.3 Å². The molecule has 1 atom stereocenters. The van der Waals surface area contributed by atoms with Gasteiger partial charge in [0.15, 0.2) is 0 Å². The maximum Gasteiger partial charge on any atom is 0.315 e. The van der Waals surface area contributed by atoms with Gasteiger partial charge in [-0.1, -0.05) is 20.8 Å². The van der Waals surface area contributed by atoms with Crippen LogP contribution < -0.4 is 10.6 Å². The summed E-state index contributed by atoms with van der Waals surface area (Å²) in [6.07, 6.45) is 2.92. The van der Waals surface area contributed by atoms with E-state index in [2.05, 4.69) is 24.5 Å². The number of hydrogen-bond donors (Lipinski definition) is 3. The van der Waals surface area contributed by atoms with Crippen LogP contribution in [-0.2, 0) is 4.79 Å². The highest BCUT2D eigenvalue weighted by atomic mass is 16.4. The predicted molar refractivity (Wildman–Crippen MR) is 69.4 cm³/mol. The second-order valence-corrected chi connectivity index (χ2v) is 5.55. The summed E-state index contributed by atoms with van der Waals surface area (Å²) in [6.45, 7) is 6.89. The second kappa shape index (κ2) is 6.07. The summed E-state index contributed by atoms with van der Waals surface area (Å²) in [5, 5.41) is 14.3. The lowest BCUT2D eigenvalue weighted by Gasteiger charge is -2.21. The van der Waals surface area contributed by atoms with Crippen molar-refractivity contribution < 1.29 is 14.7 Å². The minimum absolute atomic E-state index is 0.0285. The van der Waals surface area contributed by atoms with Gasteiger partial charge in [-0.05, 0) is 30.6 Å². The monoisotopic (exact) mass is 256 g/mol. The van der Waals surface area contributed by atoms with E-state index in [4.69, 9.17) is 5.11 Å². The highest BCUT2D eigenvalue weighted by molar-refractivity contribution is 5.75. The molecule has 104 valence electrons. The van der Waals surface area contributed by atoms with Crippen LogP contribution in [0.3, 0.4) is 0 Å². The van der Waals surface area contributed by atoms with Crippen molar-refractivity contribution in [2.75, 3.05) is 6.54 Å². The Bertz CT molecular complexity index is 311. The van der Waals surface area contributed by atoms with Gasteiger partial charge < -0.3 is 15.7 Å². The molecule has 3 N–H and O–H groups in total. The molecule has 1 unspecified atom stereocenters. The quantitative estimate of drug-likeness (QED) is 0.651. The van der Waals surface area contributed by atoms with Crippen LogP contribution in [0.15, 0.2) is 0 Å². The van der Waals surface area contributed by atoms with Crippen LogP contribution in [0.1, 0.15) is 46.5 Å². The molecular formula is C13H24N2O3. The normalized spacial score (nSPS) is 18.2. The molecule has 0 bridgehead atoms. The lowest BCUT2D eigenvalue weighted by molar-refractivity contribution is -0.137. The third-order valence-corrected chi connectivity index (χ3v) is 3.97. The van der Waals surface area contributed by atoms with Gasteiger partial charge in [-0.2, -0.15) is 0 Å². The van der Waals surface area contributed by atoms with Gasteiger partial charge >= 0.3 is 12.0 Å². The lowest BCUT2D eigenvalue weighted by atomic mass is 9.92. The molecule has 5 heteroatoms. The zero-order chi connectivity index (χ0) is 13.8. The van der Waals surface area contributed by atoms with Crippen molar-refractivity contribution in [3.05, 3.63) is 0 Å². The molecule has 1 saturated carbocycles. The van der Waals surface area contributed by atoms with Crippen LogP contribution in [0.2, 0.25) is 0 Å². The number of rotatable bonds is 7. The molecule has 2 amide bonds. The largest absolute Gasteiger partial charge is 0.481 e. The van der Waals surface area contributed by atoms with E-state index in [0.29, 0.717) is 18.9 Å². The number of carbonyl (C=O) groups excluding carboxylic acids is 1. The zero-order valence-corrected chi connectivity index (χ0v) is 11.5. The molecule has 0 aromatic rings. The first-order valence-electron chi connectivity index (χ1n) is 6.66. The predicted octanol–water partition coefficient (Wildman–Crippen LogP) is 1.98. The molecular weight excluding hydrogens is 232 g/mol. The summed E-state index contributed by atoms with van der Waals surface area (Å²) in [5.41, 5.74) is 0.270. The third-order valence-electron chi connectivity index (χ3n) is 3.97. The first-order chi connectivity index (χ1) is 8.39. The Morgan fingerprint density at radius 2 is 1.94 bits per heavy atom. The molecule has 0 radical (unpaired) electrons. The molecule has 0 aromatic heterocycles. The van der Waals surface area contributed by atoms with Gasteiger partial charge in [0.1, 0.15) is 0 Å². The summed E-state index contributed by atoms with van der Waals surface area (Å²) >= 11 is 0. The van der Waals surface area contributed by atoms with Gasteiger partial charge in [0.2, 0.25) is 0 Å². The highest BCUT2D eigenvalue weighted by Crippen LogP contribution is 2.51. The summed E-state index contributed by atoms with van der Waals surface area (Å²) in [4.78, 5) is 22.3. The standard InChI is InChI=1S/C13H24N2O3/c1-4-10(7-11(16)17)15-12(18)14-8-13(5-6-13)9(2)3/h9-10H,4-8H2,1-3H3,(H,16,17)(H2,14,15,18). The zero-order valence-electron chi connectivity index (χ0n) is 11.5. The number of carboxylic acids is 1. The van der Waals surface area contributed by atoms with Gasteiger partial charge in [0.05, 0.1) is 6.42 Å². The van der Waals surface area contributed by atoms with Gasteiger partial charge in [0.25, 0.3) is 0 Å². The average Bonchev–Trinajstić information content (AvgIpc) is 3.06. The first kappa shape index (κ1) is 14.8. The van der Waals surface area contributed by atoms with Crippen molar-refractivity contribution in [2.24, 2.45) is 11.3 Å². The second-order valence-electron chi connectivity index (χ2n) is 5.55. The fourth-order valence-electron chi connectivity index (χ4n) is 2.12. The van der Waals surface area contributed by atoms with Crippen LogP contribution >= 0.6 is 0 Å². The van der Waals surface area contributed by atoms with Crippen LogP contribution in [-0.4, -0.2) is 29.7 Å². The molecule has 1 rings (SSSR count). The molecule has 1 aliphatic rings. The first-order valence-corrected chi connectivity index (χ1v) is 6.66. The van der Waals surface area contributed by atoms with Crippen molar-refractivity contribution in [3.63, 3.8) is 0 Å². The Morgan fingerprint density at radius 1 is 1.33 bits per heavy atom. The van der Waals surface area contributed by atoms with Crippen molar-refractivity contribution in [1.82, 2.24) is 10.6 Å². The highest BCUT2D eigenvalue weighted by Gasteiger charge is 2.45. The van der Waals surface area contributed by atoms with Gasteiger partial charge in [-0.3, -0.25) is 4.79 Å². The molecule has 1 aliphatic carbocycles. The van der Waals surface area contributed by atoms with Crippen molar-refractivity contribution in [2.45, 2.75) is 52.5 Å². The van der Waals surface area contributed by atoms with E-state index < -0.39 is 5.97 Å². The number of amides is 2. The van der Waals surface area contributed by atoms with E-state index in [1.807, 2.05) is 6.92 Å². The lowest BCUT2D eigenvalue weighted by Crippen LogP contribution is -2.45. The number of carbonyl (C=O) groups is 2. The smallest absolute Gasteiger partial charge is 0.315 e. The Morgan fingerprint density at radius 3 is 2.33 bits per heavy atom. The van der Waals surface area contributed by atoms with E-state index in [1.165, 1.54) is 0 Å². The molecule has 0 aliphatic heterocycles. The minimum atomic E-state index is -0.886. The van der Waals surface area contributed by atoms with E-state index in [9.17, 15) is 9.59 Å². The molecule has 18 heavy (non-hydrogen) atoms. The number of hydrogen-bond acceptors (Lipinski definition) is 2. The van der Waals surface area contributed by atoms with Crippen LogP contribution in [0.5, 0.6) is 0 Å². The van der Waals surface area contributed by atoms with Crippen LogP contribution in [0.4, 0.5) is 4.79 Å². The summed E-state index contributed by atoms with van der Waals surface area (Å²) in [7, 11) is 0. The summed E-state index contributed by atoms with van der Waals surface area (Å²) in [5.74, 6) is -0.318. The number of nitrogens with one attached hydrogen (secondary N) is 2. The molecule has 0 spiro atoms. The minimum Gasteiger partial charge on any atom is -0.481 e. The fourth-order valence-corrected chi connectivity index (χ4v) is 2.12. The van der Waals surface area contributed by atoms with Crippen molar-refractivity contribution >= 4 is 12.0 Å². The Kier molecular flexibility index (Phi) is 4.99. The third kappa shape index (κ3) is 4.20. The average molecular weight is 256 g/mol. The van der Waals surface area contributed by atoms with Gasteiger partial charge in [-0.25, -0.2) is 4.79 Å². The van der Waals surface area contributed by atoms with Crippen molar-refractivity contribution in [3.8, 4) is 0 Å². The maximum absolute atomic E-state index is 11.7. The van der Waals surface area contributed by atoms with Crippen LogP contribution in [0.25, 0.3) is 0 Å². The summed E-state index contributed by atoms with van der Waals surface area (Å²) < 4.78 is 0. The fraction of sp³-hybridized carbons (Fsp3) is 0.846. The van der Waals surface area contributed by atoms with Gasteiger partial charge in [-0.15, -0.1) is 0 Å². The topological polar surface area (TPSA) is 78.4 Å². The number of carboxylic acid groups (broad SMARTS) is 1.